The summed E-state index contributed by atoms with van der Waals surface area (Å²) in [6.45, 7) is -0.359. The number of esters is 1. The van der Waals surface area contributed by atoms with Crippen molar-refractivity contribution in [3.63, 3.8) is 0 Å². The van der Waals surface area contributed by atoms with E-state index in [2.05, 4.69) is 6.07 Å². The molecule has 1 aliphatic rings. The highest BCUT2D eigenvalue weighted by Crippen LogP contribution is 2.32. The van der Waals surface area contributed by atoms with Crippen LogP contribution in [0.1, 0.15) is 42.5 Å². The Morgan fingerprint density at radius 1 is 1.12 bits per heavy atom. The number of hydrogen-bond donors (Lipinski definition) is 0. The molecule has 1 aliphatic carbocycles. The molecule has 5 heteroatoms. The molecule has 0 heterocycles. The Morgan fingerprint density at radius 3 is 2.54 bits per heavy atom. The van der Waals surface area contributed by atoms with E-state index in [1.54, 1.807) is 19.2 Å². The molecule has 1 saturated carbocycles. The van der Waals surface area contributed by atoms with Crippen LogP contribution in [-0.4, -0.2) is 36.0 Å². The molecule has 0 aliphatic heterocycles. The van der Waals surface area contributed by atoms with Crippen molar-refractivity contribution in [2.24, 2.45) is 0 Å². The van der Waals surface area contributed by atoms with E-state index in [9.17, 15) is 14.9 Å². The van der Waals surface area contributed by atoms with Crippen LogP contribution < -0.4 is 0 Å². The molecule has 134 valence electrons. The number of fused-ring (bicyclic) bond motifs is 1. The summed E-state index contributed by atoms with van der Waals surface area (Å²) < 4.78 is 5.26. The number of ether oxygens (including phenoxy) is 1. The molecule has 0 unspecified atom stereocenters. The Morgan fingerprint density at radius 2 is 1.81 bits per heavy atom. The summed E-state index contributed by atoms with van der Waals surface area (Å²) in [4.78, 5) is 26.4. The van der Waals surface area contributed by atoms with E-state index in [0.29, 0.717) is 18.4 Å². The smallest absolute Gasteiger partial charge is 0.339 e. The van der Waals surface area contributed by atoms with Gasteiger partial charge in [-0.3, -0.25) is 4.79 Å². The van der Waals surface area contributed by atoms with Crippen LogP contribution in [0.3, 0.4) is 0 Å². The first-order valence-corrected chi connectivity index (χ1v) is 8.90. The van der Waals surface area contributed by atoms with Gasteiger partial charge in [0.05, 0.1) is 11.6 Å². The fourth-order valence-corrected chi connectivity index (χ4v) is 3.60. The van der Waals surface area contributed by atoms with E-state index >= 15 is 0 Å². The van der Waals surface area contributed by atoms with Gasteiger partial charge in [-0.1, -0.05) is 55.7 Å². The van der Waals surface area contributed by atoms with E-state index in [-0.39, 0.29) is 12.5 Å². The van der Waals surface area contributed by atoms with Crippen molar-refractivity contribution in [3.05, 3.63) is 48.0 Å². The van der Waals surface area contributed by atoms with Crippen LogP contribution in [0.2, 0.25) is 0 Å². The average molecular weight is 350 g/mol. The zero-order valence-corrected chi connectivity index (χ0v) is 14.9. The summed E-state index contributed by atoms with van der Waals surface area (Å²) >= 11 is 0. The highest BCUT2D eigenvalue weighted by molar-refractivity contribution is 6.04. The number of hydrogen-bond acceptors (Lipinski definition) is 4. The zero-order valence-electron chi connectivity index (χ0n) is 14.9. The minimum Gasteiger partial charge on any atom is -0.452 e. The van der Waals surface area contributed by atoms with Crippen molar-refractivity contribution in [2.45, 2.75) is 37.6 Å². The van der Waals surface area contributed by atoms with Crippen LogP contribution in [0.25, 0.3) is 10.8 Å². The van der Waals surface area contributed by atoms with Gasteiger partial charge in [0, 0.05) is 7.05 Å². The van der Waals surface area contributed by atoms with Crippen LogP contribution >= 0.6 is 0 Å². The van der Waals surface area contributed by atoms with Gasteiger partial charge in [0.25, 0.3) is 5.91 Å². The van der Waals surface area contributed by atoms with Crippen molar-refractivity contribution < 1.29 is 14.3 Å². The van der Waals surface area contributed by atoms with Gasteiger partial charge in [-0.2, -0.15) is 5.26 Å². The zero-order chi connectivity index (χ0) is 18.6. The first-order valence-electron chi connectivity index (χ1n) is 8.90. The number of nitriles is 1. The predicted octanol–water partition coefficient (Wildman–Crippen LogP) is 3.68. The van der Waals surface area contributed by atoms with Gasteiger partial charge >= 0.3 is 5.97 Å². The largest absolute Gasteiger partial charge is 0.452 e. The fraction of sp³-hybridized carbons (Fsp3) is 0.381. The molecular formula is C21H22N2O3. The van der Waals surface area contributed by atoms with Crippen molar-refractivity contribution in [2.75, 3.05) is 13.7 Å². The Balaban J connectivity index is 1.69. The summed E-state index contributed by atoms with van der Waals surface area (Å²) in [5.41, 5.74) is -0.340. The summed E-state index contributed by atoms with van der Waals surface area (Å²) in [6, 6.07) is 15.2. The second kappa shape index (κ2) is 7.57. The van der Waals surface area contributed by atoms with E-state index in [1.165, 1.54) is 4.90 Å². The molecule has 1 fully saturated rings. The highest BCUT2D eigenvalue weighted by Gasteiger charge is 2.39. The van der Waals surface area contributed by atoms with Crippen LogP contribution in [0.4, 0.5) is 0 Å². The second-order valence-corrected chi connectivity index (χ2v) is 6.76. The third-order valence-corrected chi connectivity index (χ3v) is 5.24. The molecule has 2 aromatic rings. The molecule has 0 saturated heterocycles. The van der Waals surface area contributed by atoms with E-state index in [4.69, 9.17) is 4.74 Å². The van der Waals surface area contributed by atoms with Crippen LogP contribution in [-0.2, 0) is 9.53 Å². The fourth-order valence-electron chi connectivity index (χ4n) is 3.60. The maximum absolute atomic E-state index is 12.5. The van der Waals surface area contributed by atoms with Crippen LogP contribution in [0.15, 0.2) is 42.5 Å². The second-order valence-electron chi connectivity index (χ2n) is 6.76. The lowest BCUT2D eigenvalue weighted by Gasteiger charge is -2.38. The highest BCUT2D eigenvalue weighted by atomic mass is 16.5. The minimum absolute atomic E-state index is 0.345. The molecular weight excluding hydrogens is 328 g/mol. The number of likely N-dealkylation sites (N-methyl/N-ethyl adjacent to an activating group) is 1. The van der Waals surface area contributed by atoms with Gasteiger partial charge in [0.15, 0.2) is 6.61 Å². The first-order chi connectivity index (χ1) is 12.6. The summed E-state index contributed by atoms with van der Waals surface area (Å²) in [6.07, 6.45) is 4.29. The summed E-state index contributed by atoms with van der Waals surface area (Å²) in [7, 11) is 1.63. The number of benzene rings is 2. The van der Waals surface area contributed by atoms with Crippen molar-refractivity contribution in [1.29, 1.82) is 5.26 Å². The Labute approximate surface area is 153 Å². The van der Waals surface area contributed by atoms with Crippen molar-refractivity contribution >= 4 is 22.6 Å². The molecule has 2 aromatic carbocycles. The number of carbonyl (C=O) groups excluding carboxylic acids is 2. The van der Waals surface area contributed by atoms with E-state index in [0.717, 1.165) is 30.0 Å². The normalized spacial score (nSPS) is 15.8. The van der Waals surface area contributed by atoms with Gasteiger partial charge < -0.3 is 9.64 Å². The number of carbonyl (C=O) groups is 2. The van der Waals surface area contributed by atoms with E-state index in [1.807, 2.05) is 30.3 Å². The molecule has 0 spiro atoms. The van der Waals surface area contributed by atoms with Crippen LogP contribution in [0, 0.1) is 11.3 Å². The third-order valence-electron chi connectivity index (χ3n) is 5.24. The van der Waals surface area contributed by atoms with Gasteiger partial charge in [-0.15, -0.1) is 0 Å². The lowest BCUT2D eigenvalue weighted by Crippen LogP contribution is -2.51. The SMILES string of the molecule is CN(C(=O)COC(=O)c1cccc2ccccc12)C1(C#N)CCCCC1. The topological polar surface area (TPSA) is 70.4 Å². The van der Waals surface area contributed by atoms with Gasteiger partial charge in [-0.25, -0.2) is 4.79 Å². The Hall–Kier alpha value is -2.87. The monoisotopic (exact) mass is 350 g/mol. The summed E-state index contributed by atoms with van der Waals surface area (Å²) in [5.74, 6) is -0.875. The lowest BCUT2D eigenvalue weighted by atomic mass is 9.81. The Kier molecular flexibility index (Phi) is 5.22. The number of nitrogens with zero attached hydrogens (tertiary/aromatic N) is 2. The molecule has 1 amide bonds. The molecule has 0 N–H and O–H groups in total. The third kappa shape index (κ3) is 3.41. The maximum atomic E-state index is 12.5. The first kappa shape index (κ1) is 17.9. The molecule has 0 radical (unpaired) electrons. The molecule has 0 aromatic heterocycles. The average Bonchev–Trinajstić information content (AvgIpc) is 2.71. The molecule has 26 heavy (non-hydrogen) atoms. The maximum Gasteiger partial charge on any atom is 0.339 e. The Bertz CT molecular complexity index is 858. The standard InChI is InChI=1S/C21H22N2O3/c1-23(21(15-22)12-5-2-6-13-21)19(24)14-26-20(25)18-11-7-9-16-8-3-4-10-17(16)18/h3-4,7-11H,2,5-6,12-14H2,1H3. The van der Waals surface area contributed by atoms with Gasteiger partial charge in [0.1, 0.15) is 5.54 Å². The van der Waals surface area contributed by atoms with Crippen molar-refractivity contribution in [1.82, 2.24) is 4.90 Å². The number of amides is 1. The lowest BCUT2D eigenvalue weighted by molar-refractivity contribution is -0.138. The summed E-state index contributed by atoms with van der Waals surface area (Å²) in [5, 5.41) is 11.3. The van der Waals surface area contributed by atoms with Gasteiger partial charge in [-0.05, 0) is 29.7 Å². The van der Waals surface area contributed by atoms with Crippen LogP contribution in [0.5, 0.6) is 0 Å². The van der Waals surface area contributed by atoms with Crippen molar-refractivity contribution in [3.8, 4) is 6.07 Å². The quantitative estimate of drug-likeness (QED) is 0.789. The predicted molar refractivity (Wildman–Crippen MR) is 98.4 cm³/mol. The number of rotatable bonds is 4. The van der Waals surface area contributed by atoms with E-state index < -0.39 is 11.5 Å². The molecule has 0 bridgehead atoms. The minimum atomic E-state index is -0.777. The molecule has 5 nitrogen and oxygen atoms in total. The van der Waals surface area contributed by atoms with Gasteiger partial charge in [0.2, 0.25) is 0 Å². The molecule has 3 rings (SSSR count). The molecule has 0 atom stereocenters.